The highest BCUT2D eigenvalue weighted by Gasteiger charge is 2.17. The Hall–Kier alpha value is -3.28. The van der Waals surface area contributed by atoms with Crippen molar-refractivity contribution in [2.24, 2.45) is 0 Å². The maximum absolute atomic E-state index is 12.3. The summed E-state index contributed by atoms with van der Waals surface area (Å²) in [4.78, 5) is 26.7. The largest absolute Gasteiger partial charge is 0.497 e. The summed E-state index contributed by atoms with van der Waals surface area (Å²) in [6, 6.07) is 15.0. The number of hydrogen-bond acceptors (Lipinski definition) is 5. The minimum atomic E-state index is -0.903. The van der Waals surface area contributed by atoms with Crippen molar-refractivity contribution in [3.63, 3.8) is 0 Å². The van der Waals surface area contributed by atoms with Crippen molar-refractivity contribution in [3.8, 4) is 5.75 Å². The smallest absolute Gasteiger partial charge is 0.331 e. The van der Waals surface area contributed by atoms with E-state index in [1.807, 2.05) is 36.4 Å². The van der Waals surface area contributed by atoms with Gasteiger partial charge in [-0.1, -0.05) is 12.1 Å². The van der Waals surface area contributed by atoms with Gasteiger partial charge in [0.1, 0.15) is 5.75 Å². The van der Waals surface area contributed by atoms with Crippen LogP contribution in [-0.4, -0.2) is 38.2 Å². The van der Waals surface area contributed by atoms with Crippen LogP contribution in [0.25, 0.3) is 6.08 Å². The van der Waals surface area contributed by atoms with E-state index >= 15 is 0 Å². The predicted molar refractivity (Wildman–Crippen MR) is 119 cm³/mol. The number of esters is 1. The molecule has 30 heavy (non-hydrogen) atoms. The molecular weight excluding hydrogens is 380 g/mol. The predicted octanol–water partition coefficient (Wildman–Crippen LogP) is 4.27. The SMILES string of the molecule is COc1ccc(/C=C/C(=O)O[C@H](C)C(=O)Nc2ccc(N3CCCCC3)cc2)cc1. The van der Waals surface area contributed by atoms with Crippen LogP contribution >= 0.6 is 0 Å². The number of carbonyl (C=O) groups is 2. The Bertz CT molecular complexity index is 869. The van der Waals surface area contributed by atoms with Gasteiger partial charge < -0.3 is 19.7 Å². The Kier molecular flexibility index (Phi) is 7.49. The minimum absolute atomic E-state index is 0.369. The van der Waals surface area contributed by atoms with E-state index in [0.29, 0.717) is 5.69 Å². The average Bonchev–Trinajstić information content (AvgIpc) is 2.79. The minimum Gasteiger partial charge on any atom is -0.497 e. The van der Waals surface area contributed by atoms with Crippen LogP contribution in [0.1, 0.15) is 31.7 Å². The molecule has 0 bridgehead atoms. The molecule has 2 aromatic carbocycles. The zero-order valence-electron chi connectivity index (χ0n) is 17.5. The van der Waals surface area contributed by atoms with Crippen molar-refractivity contribution < 1.29 is 19.1 Å². The summed E-state index contributed by atoms with van der Waals surface area (Å²) in [5, 5.41) is 2.79. The number of ether oxygens (including phenoxy) is 2. The molecule has 1 heterocycles. The second-order valence-electron chi connectivity index (χ2n) is 7.27. The Balaban J connectivity index is 1.48. The van der Waals surface area contributed by atoms with Crippen LogP contribution in [0.3, 0.4) is 0 Å². The van der Waals surface area contributed by atoms with Crippen LogP contribution in [-0.2, 0) is 14.3 Å². The van der Waals surface area contributed by atoms with Gasteiger partial charge in [-0.25, -0.2) is 4.79 Å². The molecule has 1 N–H and O–H groups in total. The van der Waals surface area contributed by atoms with E-state index in [0.717, 1.165) is 30.1 Å². The van der Waals surface area contributed by atoms with Crippen molar-refractivity contribution in [2.75, 3.05) is 30.4 Å². The summed E-state index contributed by atoms with van der Waals surface area (Å²) in [6.45, 7) is 3.70. The molecule has 0 spiro atoms. The Morgan fingerprint density at radius 3 is 2.30 bits per heavy atom. The molecule has 2 aromatic rings. The van der Waals surface area contributed by atoms with Crippen molar-refractivity contribution in [2.45, 2.75) is 32.3 Å². The van der Waals surface area contributed by atoms with Gasteiger partial charge in [0, 0.05) is 30.5 Å². The molecule has 1 saturated heterocycles. The molecule has 1 amide bonds. The van der Waals surface area contributed by atoms with Crippen LogP contribution in [0, 0.1) is 0 Å². The molecule has 158 valence electrons. The number of carbonyl (C=O) groups excluding carboxylic acids is 2. The molecule has 0 radical (unpaired) electrons. The number of piperidine rings is 1. The molecule has 1 aliphatic heterocycles. The lowest BCUT2D eigenvalue weighted by molar-refractivity contribution is -0.148. The van der Waals surface area contributed by atoms with E-state index in [9.17, 15) is 9.59 Å². The first-order valence-corrected chi connectivity index (χ1v) is 10.2. The van der Waals surface area contributed by atoms with Crippen molar-refractivity contribution in [3.05, 3.63) is 60.2 Å². The van der Waals surface area contributed by atoms with Gasteiger partial charge in [0.05, 0.1) is 7.11 Å². The fraction of sp³-hybridized carbons (Fsp3) is 0.333. The van der Waals surface area contributed by atoms with Gasteiger partial charge in [-0.3, -0.25) is 4.79 Å². The van der Waals surface area contributed by atoms with E-state index < -0.39 is 12.1 Å². The number of nitrogens with one attached hydrogen (secondary N) is 1. The van der Waals surface area contributed by atoms with Gasteiger partial charge in [0.25, 0.3) is 5.91 Å². The summed E-state index contributed by atoms with van der Waals surface area (Å²) >= 11 is 0. The lowest BCUT2D eigenvalue weighted by Gasteiger charge is -2.28. The van der Waals surface area contributed by atoms with Crippen LogP contribution < -0.4 is 15.0 Å². The van der Waals surface area contributed by atoms with Crippen LogP contribution in [0.5, 0.6) is 5.75 Å². The highest BCUT2D eigenvalue weighted by molar-refractivity contribution is 5.96. The molecule has 1 fully saturated rings. The van der Waals surface area contributed by atoms with Gasteiger partial charge in [0.15, 0.2) is 6.10 Å². The summed E-state index contributed by atoms with van der Waals surface area (Å²) in [7, 11) is 1.59. The molecule has 0 aliphatic carbocycles. The van der Waals surface area contributed by atoms with Crippen LogP contribution in [0.4, 0.5) is 11.4 Å². The number of benzene rings is 2. The van der Waals surface area contributed by atoms with Gasteiger partial charge in [-0.15, -0.1) is 0 Å². The lowest BCUT2D eigenvalue weighted by Crippen LogP contribution is -2.30. The number of nitrogens with zero attached hydrogens (tertiary/aromatic N) is 1. The molecule has 0 unspecified atom stereocenters. The summed E-state index contributed by atoms with van der Waals surface area (Å²) in [5.41, 5.74) is 2.67. The lowest BCUT2D eigenvalue weighted by atomic mass is 10.1. The van der Waals surface area contributed by atoms with Crippen molar-refractivity contribution in [1.82, 2.24) is 0 Å². The third-order valence-electron chi connectivity index (χ3n) is 5.05. The Morgan fingerprint density at radius 2 is 1.67 bits per heavy atom. The monoisotopic (exact) mass is 408 g/mol. The molecule has 0 aromatic heterocycles. The highest BCUT2D eigenvalue weighted by Crippen LogP contribution is 2.22. The van der Waals surface area contributed by atoms with Gasteiger partial charge in [-0.05, 0) is 74.2 Å². The van der Waals surface area contributed by atoms with Gasteiger partial charge in [0.2, 0.25) is 0 Å². The van der Waals surface area contributed by atoms with Crippen LogP contribution in [0.2, 0.25) is 0 Å². The molecule has 6 nitrogen and oxygen atoms in total. The molecule has 0 saturated carbocycles. The molecule has 3 rings (SSSR count). The first-order valence-electron chi connectivity index (χ1n) is 10.2. The topological polar surface area (TPSA) is 67.9 Å². The number of amides is 1. The van der Waals surface area contributed by atoms with Crippen molar-refractivity contribution >= 4 is 29.3 Å². The van der Waals surface area contributed by atoms with E-state index in [1.165, 1.54) is 25.3 Å². The van der Waals surface area contributed by atoms with Gasteiger partial charge in [-0.2, -0.15) is 0 Å². The normalized spacial score (nSPS) is 14.9. The molecule has 6 heteroatoms. The van der Waals surface area contributed by atoms with E-state index in [2.05, 4.69) is 10.2 Å². The third-order valence-corrected chi connectivity index (χ3v) is 5.05. The van der Waals surface area contributed by atoms with E-state index in [4.69, 9.17) is 9.47 Å². The first kappa shape index (κ1) is 21.4. The van der Waals surface area contributed by atoms with E-state index in [1.54, 1.807) is 32.2 Å². The van der Waals surface area contributed by atoms with Gasteiger partial charge >= 0.3 is 5.97 Å². The summed E-state index contributed by atoms with van der Waals surface area (Å²) < 4.78 is 10.3. The number of rotatable bonds is 7. The Labute approximate surface area is 177 Å². The highest BCUT2D eigenvalue weighted by atomic mass is 16.5. The molecule has 1 atom stereocenters. The second-order valence-corrected chi connectivity index (χ2v) is 7.27. The number of anilines is 2. The fourth-order valence-corrected chi connectivity index (χ4v) is 3.30. The van der Waals surface area contributed by atoms with Crippen molar-refractivity contribution in [1.29, 1.82) is 0 Å². The number of methoxy groups -OCH3 is 1. The third kappa shape index (κ3) is 6.11. The molecule has 1 aliphatic rings. The average molecular weight is 408 g/mol. The maximum Gasteiger partial charge on any atom is 0.331 e. The number of hydrogen-bond donors (Lipinski definition) is 1. The zero-order chi connectivity index (χ0) is 21.3. The second kappa shape index (κ2) is 10.5. The zero-order valence-corrected chi connectivity index (χ0v) is 17.5. The first-order chi connectivity index (χ1) is 14.5. The fourth-order valence-electron chi connectivity index (χ4n) is 3.30. The standard InChI is InChI=1S/C24H28N2O4/c1-18(30-23(27)15-8-19-6-13-22(29-2)14-7-19)24(28)25-20-9-11-21(12-10-20)26-16-4-3-5-17-26/h6-15,18H,3-5,16-17H2,1-2H3,(H,25,28)/b15-8+/t18-/m1/s1. The summed E-state index contributed by atoms with van der Waals surface area (Å²) in [5.74, 6) is -0.204. The quantitative estimate of drug-likeness (QED) is 0.547. The Morgan fingerprint density at radius 1 is 1.00 bits per heavy atom. The van der Waals surface area contributed by atoms with E-state index in [-0.39, 0.29) is 5.91 Å². The molecular formula is C24H28N2O4. The maximum atomic E-state index is 12.3. The van der Waals surface area contributed by atoms with Crippen LogP contribution in [0.15, 0.2) is 54.6 Å². The summed E-state index contributed by atoms with van der Waals surface area (Å²) in [6.07, 6.45) is 5.75.